The van der Waals surface area contributed by atoms with Crippen molar-refractivity contribution in [2.75, 3.05) is 5.32 Å². The Morgan fingerprint density at radius 1 is 1.37 bits per heavy atom. The molecule has 6 heteroatoms. The molecular formula is C13H15ClFNO3. The van der Waals surface area contributed by atoms with Crippen LogP contribution in [-0.2, 0) is 9.59 Å². The van der Waals surface area contributed by atoms with Gasteiger partial charge in [-0.3, -0.25) is 9.59 Å². The summed E-state index contributed by atoms with van der Waals surface area (Å²) in [6.45, 7) is 3.31. The van der Waals surface area contributed by atoms with Gasteiger partial charge >= 0.3 is 5.97 Å². The summed E-state index contributed by atoms with van der Waals surface area (Å²) in [6.07, 6.45) is -0.185. The van der Waals surface area contributed by atoms with Gasteiger partial charge in [0, 0.05) is 6.42 Å². The zero-order valence-corrected chi connectivity index (χ0v) is 11.4. The molecule has 1 aromatic carbocycles. The molecule has 2 N–H and O–H groups in total. The second-order valence-corrected chi connectivity index (χ2v) is 5.46. The molecule has 1 amide bonds. The highest BCUT2D eigenvalue weighted by molar-refractivity contribution is 6.33. The van der Waals surface area contributed by atoms with Gasteiger partial charge in [-0.05, 0) is 17.5 Å². The van der Waals surface area contributed by atoms with Gasteiger partial charge in [-0.2, -0.15) is 0 Å². The van der Waals surface area contributed by atoms with E-state index in [0.717, 1.165) is 0 Å². The van der Waals surface area contributed by atoms with Crippen molar-refractivity contribution in [3.63, 3.8) is 0 Å². The third kappa shape index (κ3) is 4.87. The molecule has 1 rings (SSSR count). The van der Waals surface area contributed by atoms with Crippen molar-refractivity contribution in [2.24, 2.45) is 5.41 Å². The number of nitrogens with one attached hydrogen (secondary N) is 1. The van der Waals surface area contributed by atoms with Crippen molar-refractivity contribution in [3.8, 4) is 0 Å². The molecule has 0 aliphatic heterocycles. The number of benzene rings is 1. The lowest BCUT2D eigenvalue weighted by Crippen LogP contribution is -2.25. The van der Waals surface area contributed by atoms with Crippen LogP contribution in [0.3, 0.4) is 0 Å². The Morgan fingerprint density at radius 2 is 2.00 bits per heavy atom. The van der Waals surface area contributed by atoms with Gasteiger partial charge in [0.05, 0.1) is 17.1 Å². The molecule has 0 radical (unpaired) electrons. The first-order valence-electron chi connectivity index (χ1n) is 5.67. The molecule has 0 saturated carbocycles. The van der Waals surface area contributed by atoms with Crippen LogP contribution < -0.4 is 5.32 Å². The van der Waals surface area contributed by atoms with Gasteiger partial charge in [0.15, 0.2) is 0 Å². The number of carboxylic acid groups (broad SMARTS) is 1. The van der Waals surface area contributed by atoms with Crippen LogP contribution in [0.2, 0.25) is 5.02 Å². The van der Waals surface area contributed by atoms with Crippen molar-refractivity contribution >= 4 is 29.2 Å². The fourth-order valence-electron chi connectivity index (χ4n) is 1.71. The lowest BCUT2D eigenvalue weighted by atomic mass is 9.85. The molecule has 0 spiro atoms. The maximum atomic E-state index is 13.5. The predicted octanol–water partition coefficient (Wildman–Crippen LogP) is 3.31. The Hall–Kier alpha value is -1.62. The average Bonchev–Trinajstić information content (AvgIpc) is 2.20. The number of carbonyl (C=O) groups is 2. The average molecular weight is 288 g/mol. The molecule has 0 heterocycles. The Morgan fingerprint density at radius 3 is 2.53 bits per heavy atom. The van der Waals surface area contributed by atoms with Gasteiger partial charge in [0.1, 0.15) is 5.82 Å². The normalized spacial score (nSPS) is 11.2. The molecule has 0 aliphatic rings. The molecule has 0 atom stereocenters. The van der Waals surface area contributed by atoms with E-state index in [-0.39, 0.29) is 23.6 Å². The van der Waals surface area contributed by atoms with Crippen LogP contribution in [0.25, 0.3) is 0 Å². The van der Waals surface area contributed by atoms with Crippen LogP contribution in [0.4, 0.5) is 10.1 Å². The standard InChI is InChI=1S/C13H15ClFNO3/c1-13(2,7-11(18)19)6-10(17)16-12-8(14)4-3-5-9(12)15/h3-5H,6-7H2,1-2H3,(H,16,17)(H,18,19). The number of amides is 1. The smallest absolute Gasteiger partial charge is 0.303 e. The summed E-state index contributed by atoms with van der Waals surface area (Å²) >= 11 is 5.78. The molecule has 0 bridgehead atoms. The summed E-state index contributed by atoms with van der Waals surface area (Å²) in [4.78, 5) is 22.4. The van der Waals surface area contributed by atoms with E-state index < -0.39 is 23.1 Å². The number of rotatable bonds is 5. The third-order valence-electron chi connectivity index (χ3n) is 2.50. The summed E-state index contributed by atoms with van der Waals surface area (Å²) in [5.41, 5.74) is -0.798. The van der Waals surface area contributed by atoms with E-state index in [1.54, 1.807) is 13.8 Å². The maximum absolute atomic E-state index is 13.5. The van der Waals surface area contributed by atoms with Crippen molar-refractivity contribution < 1.29 is 19.1 Å². The third-order valence-corrected chi connectivity index (χ3v) is 2.81. The highest BCUT2D eigenvalue weighted by atomic mass is 35.5. The van der Waals surface area contributed by atoms with Crippen molar-refractivity contribution in [1.29, 1.82) is 0 Å². The van der Waals surface area contributed by atoms with E-state index in [9.17, 15) is 14.0 Å². The van der Waals surface area contributed by atoms with Crippen LogP contribution >= 0.6 is 11.6 Å². The van der Waals surface area contributed by atoms with Crippen LogP contribution in [0.1, 0.15) is 26.7 Å². The lowest BCUT2D eigenvalue weighted by molar-refractivity contribution is -0.139. The molecule has 104 valence electrons. The maximum Gasteiger partial charge on any atom is 0.303 e. The molecule has 0 unspecified atom stereocenters. The van der Waals surface area contributed by atoms with Crippen LogP contribution in [0.15, 0.2) is 18.2 Å². The molecule has 0 fully saturated rings. The number of carbonyl (C=O) groups excluding carboxylic acids is 1. The van der Waals surface area contributed by atoms with E-state index in [4.69, 9.17) is 16.7 Å². The number of hydrogen-bond acceptors (Lipinski definition) is 2. The second-order valence-electron chi connectivity index (χ2n) is 5.06. The van der Waals surface area contributed by atoms with E-state index in [1.807, 2.05) is 0 Å². The van der Waals surface area contributed by atoms with Gasteiger partial charge in [-0.1, -0.05) is 31.5 Å². The molecule has 0 aliphatic carbocycles. The summed E-state index contributed by atoms with van der Waals surface area (Å²) in [6, 6.07) is 4.08. The minimum atomic E-state index is -0.985. The summed E-state index contributed by atoms with van der Waals surface area (Å²) in [5.74, 6) is -2.09. The molecule has 19 heavy (non-hydrogen) atoms. The number of aliphatic carboxylic acids is 1. The molecule has 1 aromatic rings. The van der Waals surface area contributed by atoms with Crippen LogP contribution in [-0.4, -0.2) is 17.0 Å². The Bertz CT molecular complexity index is 482. The van der Waals surface area contributed by atoms with E-state index in [0.29, 0.717) is 0 Å². The van der Waals surface area contributed by atoms with Crippen molar-refractivity contribution in [2.45, 2.75) is 26.7 Å². The minimum Gasteiger partial charge on any atom is -0.481 e. The topological polar surface area (TPSA) is 66.4 Å². The first kappa shape index (κ1) is 15.4. The van der Waals surface area contributed by atoms with Gasteiger partial charge < -0.3 is 10.4 Å². The number of para-hydroxylation sites is 1. The summed E-state index contributed by atoms with van der Waals surface area (Å²) in [5, 5.41) is 11.2. The lowest BCUT2D eigenvalue weighted by Gasteiger charge is -2.21. The minimum absolute atomic E-state index is 0.0377. The van der Waals surface area contributed by atoms with Crippen LogP contribution in [0, 0.1) is 11.2 Å². The van der Waals surface area contributed by atoms with Crippen LogP contribution in [0.5, 0.6) is 0 Å². The summed E-state index contributed by atoms with van der Waals surface area (Å²) < 4.78 is 13.5. The van der Waals surface area contributed by atoms with Gasteiger partial charge in [-0.15, -0.1) is 0 Å². The Balaban J connectivity index is 2.73. The zero-order valence-electron chi connectivity index (χ0n) is 10.7. The first-order chi connectivity index (χ1) is 8.71. The highest BCUT2D eigenvalue weighted by Crippen LogP contribution is 2.28. The highest BCUT2D eigenvalue weighted by Gasteiger charge is 2.25. The predicted molar refractivity (Wildman–Crippen MR) is 70.7 cm³/mol. The first-order valence-corrected chi connectivity index (χ1v) is 6.05. The fourth-order valence-corrected chi connectivity index (χ4v) is 1.92. The van der Waals surface area contributed by atoms with E-state index in [2.05, 4.69) is 5.32 Å². The largest absolute Gasteiger partial charge is 0.481 e. The monoisotopic (exact) mass is 287 g/mol. The molecular weight excluding hydrogens is 273 g/mol. The molecule has 0 aromatic heterocycles. The number of hydrogen-bond donors (Lipinski definition) is 2. The van der Waals surface area contributed by atoms with Gasteiger partial charge in [0.2, 0.25) is 5.91 Å². The SMILES string of the molecule is CC(C)(CC(=O)O)CC(=O)Nc1c(F)cccc1Cl. The van der Waals surface area contributed by atoms with Gasteiger partial charge in [0.25, 0.3) is 0 Å². The molecule has 4 nitrogen and oxygen atoms in total. The second kappa shape index (κ2) is 6.02. The number of carboxylic acids is 1. The quantitative estimate of drug-likeness (QED) is 0.873. The zero-order chi connectivity index (χ0) is 14.6. The number of anilines is 1. The van der Waals surface area contributed by atoms with Crippen molar-refractivity contribution in [3.05, 3.63) is 29.0 Å². The van der Waals surface area contributed by atoms with E-state index >= 15 is 0 Å². The molecule has 0 saturated heterocycles. The van der Waals surface area contributed by atoms with E-state index in [1.165, 1.54) is 18.2 Å². The Kier molecular flexibility index (Phi) is 4.89. The number of halogens is 2. The fraction of sp³-hybridized carbons (Fsp3) is 0.385. The van der Waals surface area contributed by atoms with Gasteiger partial charge in [-0.25, -0.2) is 4.39 Å². The van der Waals surface area contributed by atoms with Crippen molar-refractivity contribution in [1.82, 2.24) is 0 Å². The Labute approximate surface area is 115 Å². The summed E-state index contributed by atoms with van der Waals surface area (Å²) in [7, 11) is 0.